The maximum atomic E-state index is 12.7. The van der Waals surface area contributed by atoms with Gasteiger partial charge in [-0.3, -0.25) is 0 Å². The van der Waals surface area contributed by atoms with Gasteiger partial charge in [0.2, 0.25) is 10.0 Å². The summed E-state index contributed by atoms with van der Waals surface area (Å²) in [5.41, 5.74) is 7.36. The van der Waals surface area contributed by atoms with E-state index < -0.39 is 10.0 Å². The quantitative estimate of drug-likeness (QED) is 0.877. The first-order chi connectivity index (χ1) is 9.27. The molecule has 0 aromatic heterocycles. The number of aryl methyl sites for hydroxylation is 1. The van der Waals surface area contributed by atoms with E-state index in [0.717, 1.165) is 17.5 Å². The highest BCUT2D eigenvalue weighted by Crippen LogP contribution is 2.39. The molecule has 0 amide bonds. The lowest BCUT2D eigenvalue weighted by Gasteiger charge is -2.19. The van der Waals surface area contributed by atoms with E-state index in [4.69, 9.17) is 5.73 Å². The largest absolute Gasteiger partial charge is 0.326 e. The molecule has 2 N–H and O–H groups in total. The summed E-state index contributed by atoms with van der Waals surface area (Å²) in [6.07, 6.45) is 1.11. The van der Waals surface area contributed by atoms with Crippen LogP contribution in [0.3, 0.4) is 0 Å². The van der Waals surface area contributed by atoms with Crippen molar-refractivity contribution in [1.29, 1.82) is 0 Å². The Hall–Kier alpha value is -0.430. The molecular formula is C14H21BrN2O2S. The normalized spacial score (nSPS) is 22.3. The molecule has 20 heavy (non-hydrogen) atoms. The van der Waals surface area contributed by atoms with Gasteiger partial charge in [-0.15, -0.1) is 0 Å². The molecule has 0 bridgehead atoms. The van der Waals surface area contributed by atoms with Crippen LogP contribution in [0.4, 0.5) is 0 Å². The van der Waals surface area contributed by atoms with Gasteiger partial charge in [0.25, 0.3) is 0 Å². The molecule has 2 rings (SSSR count). The first kappa shape index (κ1) is 15.9. The van der Waals surface area contributed by atoms with Crippen LogP contribution < -0.4 is 5.73 Å². The molecule has 2 atom stereocenters. The second-order valence-corrected chi connectivity index (χ2v) is 8.49. The van der Waals surface area contributed by atoms with Gasteiger partial charge < -0.3 is 5.73 Å². The summed E-state index contributed by atoms with van der Waals surface area (Å²) in [6, 6.07) is 3.57. The van der Waals surface area contributed by atoms with Crippen molar-refractivity contribution < 1.29 is 8.42 Å². The zero-order valence-electron chi connectivity index (χ0n) is 12.1. The monoisotopic (exact) mass is 360 g/mol. The van der Waals surface area contributed by atoms with Gasteiger partial charge in [-0.2, -0.15) is 0 Å². The van der Waals surface area contributed by atoms with Gasteiger partial charge in [0.05, 0.1) is 4.90 Å². The van der Waals surface area contributed by atoms with E-state index in [1.807, 2.05) is 13.0 Å². The summed E-state index contributed by atoms with van der Waals surface area (Å²) in [6.45, 7) is 4.95. The summed E-state index contributed by atoms with van der Waals surface area (Å²) in [4.78, 5) is 0.314. The third-order valence-corrected chi connectivity index (χ3v) is 7.14. The Morgan fingerprint density at radius 3 is 2.55 bits per heavy atom. The number of sulfonamides is 1. The van der Waals surface area contributed by atoms with Crippen LogP contribution in [0.15, 0.2) is 21.5 Å². The molecule has 2 unspecified atom stereocenters. The summed E-state index contributed by atoms with van der Waals surface area (Å²) in [7, 11) is -1.82. The fraction of sp³-hybridized carbons (Fsp3) is 0.571. The number of benzene rings is 1. The Morgan fingerprint density at radius 2 is 2.05 bits per heavy atom. The minimum Gasteiger partial charge on any atom is -0.326 e. The Bertz CT molecular complexity index is 616. The number of halogens is 1. The Balaban J connectivity index is 2.35. The van der Waals surface area contributed by atoms with Crippen molar-refractivity contribution in [2.75, 3.05) is 13.6 Å². The fourth-order valence-corrected chi connectivity index (χ4v) is 4.62. The maximum absolute atomic E-state index is 12.7. The van der Waals surface area contributed by atoms with Crippen molar-refractivity contribution in [1.82, 2.24) is 4.31 Å². The van der Waals surface area contributed by atoms with Crippen LogP contribution in [-0.2, 0) is 16.6 Å². The number of nitrogens with two attached hydrogens (primary N) is 1. The average molecular weight is 361 g/mol. The van der Waals surface area contributed by atoms with E-state index in [2.05, 4.69) is 22.9 Å². The van der Waals surface area contributed by atoms with Gasteiger partial charge in [0.15, 0.2) is 0 Å². The molecule has 112 valence electrons. The molecule has 1 aliphatic carbocycles. The minimum absolute atomic E-state index is 0.314. The molecule has 1 aromatic rings. The Morgan fingerprint density at radius 1 is 1.45 bits per heavy atom. The predicted octanol–water partition coefficient (Wildman–Crippen LogP) is 2.49. The molecule has 6 heteroatoms. The highest BCUT2D eigenvalue weighted by Gasteiger charge is 2.36. The topological polar surface area (TPSA) is 63.4 Å². The summed E-state index contributed by atoms with van der Waals surface area (Å²) in [5.74, 6) is 1.13. The van der Waals surface area contributed by atoms with E-state index >= 15 is 0 Å². The number of hydrogen-bond donors (Lipinski definition) is 1. The minimum atomic E-state index is -3.47. The lowest BCUT2D eigenvalue weighted by atomic mass is 10.1. The summed E-state index contributed by atoms with van der Waals surface area (Å²) >= 11 is 3.39. The van der Waals surface area contributed by atoms with Gasteiger partial charge in [0.1, 0.15) is 0 Å². The zero-order valence-corrected chi connectivity index (χ0v) is 14.5. The van der Waals surface area contributed by atoms with Crippen molar-refractivity contribution in [2.45, 2.75) is 31.7 Å². The molecule has 1 aliphatic rings. The van der Waals surface area contributed by atoms with Crippen LogP contribution in [0.1, 0.15) is 24.5 Å². The van der Waals surface area contributed by atoms with Crippen molar-refractivity contribution in [3.05, 3.63) is 27.7 Å². The Labute approximate surface area is 129 Å². The standard InChI is InChI=1S/C14H21BrN2O2S/c1-9-5-12(9)8-17(3)20(18,19)13-6-11(7-16)4-10(2)14(13)15/h4,6,9,12H,5,7-8,16H2,1-3H3. The van der Waals surface area contributed by atoms with Crippen molar-refractivity contribution >= 4 is 26.0 Å². The van der Waals surface area contributed by atoms with Gasteiger partial charge in [-0.05, 0) is 58.3 Å². The van der Waals surface area contributed by atoms with Crippen molar-refractivity contribution in [2.24, 2.45) is 17.6 Å². The van der Waals surface area contributed by atoms with Crippen LogP contribution in [-0.4, -0.2) is 26.3 Å². The number of nitrogens with zero attached hydrogens (tertiary/aromatic N) is 1. The number of hydrogen-bond acceptors (Lipinski definition) is 3. The zero-order chi connectivity index (χ0) is 15.1. The van der Waals surface area contributed by atoms with Crippen LogP contribution in [0, 0.1) is 18.8 Å². The second-order valence-electron chi connectivity index (χ2n) is 5.69. The smallest absolute Gasteiger partial charge is 0.243 e. The van der Waals surface area contributed by atoms with Gasteiger partial charge in [-0.1, -0.05) is 13.0 Å². The lowest BCUT2D eigenvalue weighted by Crippen LogP contribution is -2.29. The molecular weight excluding hydrogens is 340 g/mol. The third-order valence-electron chi connectivity index (χ3n) is 3.97. The number of rotatable bonds is 5. The average Bonchev–Trinajstić information content (AvgIpc) is 3.07. The van der Waals surface area contributed by atoms with Crippen LogP contribution in [0.2, 0.25) is 0 Å². The van der Waals surface area contributed by atoms with Crippen molar-refractivity contribution in [3.8, 4) is 0 Å². The molecule has 0 radical (unpaired) electrons. The van der Waals surface area contributed by atoms with Crippen LogP contribution in [0.5, 0.6) is 0 Å². The predicted molar refractivity (Wildman–Crippen MR) is 83.9 cm³/mol. The van der Waals surface area contributed by atoms with Gasteiger partial charge in [-0.25, -0.2) is 12.7 Å². The van der Waals surface area contributed by atoms with Gasteiger partial charge >= 0.3 is 0 Å². The van der Waals surface area contributed by atoms with Gasteiger partial charge in [0, 0.05) is 24.6 Å². The first-order valence-electron chi connectivity index (χ1n) is 6.72. The molecule has 4 nitrogen and oxygen atoms in total. The highest BCUT2D eigenvalue weighted by atomic mass is 79.9. The first-order valence-corrected chi connectivity index (χ1v) is 8.96. The molecule has 1 saturated carbocycles. The Kier molecular flexibility index (Phi) is 4.59. The van der Waals surface area contributed by atoms with Crippen molar-refractivity contribution in [3.63, 3.8) is 0 Å². The molecule has 0 aliphatic heterocycles. The molecule has 1 aromatic carbocycles. The highest BCUT2D eigenvalue weighted by molar-refractivity contribution is 9.10. The van der Waals surface area contributed by atoms with E-state index in [0.29, 0.717) is 34.3 Å². The van der Waals surface area contributed by atoms with Crippen LogP contribution >= 0.6 is 15.9 Å². The molecule has 0 heterocycles. The van der Waals surface area contributed by atoms with E-state index in [1.165, 1.54) is 4.31 Å². The van der Waals surface area contributed by atoms with E-state index in [-0.39, 0.29) is 0 Å². The fourth-order valence-electron chi connectivity index (χ4n) is 2.36. The van der Waals surface area contributed by atoms with E-state index in [9.17, 15) is 8.42 Å². The summed E-state index contributed by atoms with van der Waals surface area (Å²) < 4.78 is 27.5. The second kappa shape index (κ2) is 5.75. The molecule has 1 fully saturated rings. The summed E-state index contributed by atoms with van der Waals surface area (Å²) in [5, 5.41) is 0. The maximum Gasteiger partial charge on any atom is 0.243 e. The SMILES string of the molecule is Cc1cc(CN)cc(S(=O)(=O)N(C)CC2CC2C)c1Br. The van der Waals surface area contributed by atoms with Crippen LogP contribution in [0.25, 0.3) is 0 Å². The lowest BCUT2D eigenvalue weighted by molar-refractivity contribution is 0.444. The molecule has 0 spiro atoms. The van der Waals surface area contributed by atoms with E-state index in [1.54, 1.807) is 13.1 Å². The molecule has 0 saturated heterocycles. The third kappa shape index (κ3) is 3.08.